The molecule has 0 amide bonds. The van der Waals surface area contributed by atoms with Crippen molar-refractivity contribution in [2.45, 2.75) is 37.8 Å². The van der Waals surface area contributed by atoms with Gasteiger partial charge in [-0.2, -0.15) is 5.10 Å². The van der Waals surface area contributed by atoms with Crippen molar-refractivity contribution in [3.05, 3.63) is 47.8 Å². The van der Waals surface area contributed by atoms with Gasteiger partial charge >= 0.3 is 5.97 Å². The number of anilines is 1. The molecule has 1 aromatic carbocycles. The molecule has 0 radical (unpaired) electrons. The molecule has 28 heavy (non-hydrogen) atoms. The van der Waals surface area contributed by atoms with Gasteiger partial charge in [0.1, 0.15) is 5.67 Å². The highest BCUT2D eigenvalue weighted by molar-refractivity contribution is 5.99. The molecule has 2 fully saturated rings. The topological polar surface area (TPSA) is 71.2 Å². The van der Waals surface area contributed by atoms with Crippen LogP contribution >= 0.6 is 0 Å². The second-order valence-electron chi connectivity index (χ2n) is 8.06. The van der Waals surface area contributed by atoms with Crippen LogP contribution in [0, 0.1) is 0 Å². The van der Waals surface area contributed by atoms with E-state index in [-0.39, 0.29) is 18.8 Å². The summed E-state index contributed by atoms with van der Waals surface area (Å²) in [7, 11) is 0. The molecular formula is C21H21FN4O2. The van der Waals surface area contributed by atoms with Gasteiger partial charge in [-0.15, -0.1) is 0 Å². The first-order valence-corrected chi connectivity index (χ1v) is 9.59. The maximum atomic E-state index is 14.2. The summed E-state index contributed by atoms with van der Waals surface area (Å²) in [5.74, 6) is -0.764. The van der Waals surface area contributed by atoms with Crippen LogP contribution in [-0.4, -0.2) is 44.6 Å². The lowest BCUT2D eigenvalue weighted by atomic mass is 9.81. The predicted octanol–water partition coefficient (Wildman–Crippen LogP) is 3.93. The van der Waals surface area contributed by atoms with Crippen molar-refractivity contribution in [2.24, 2.45) is 0 Å². The molecule has 0 spiro atoms. The summed E-state index contributed by atoms with van der Waals surface area (Å²) in [6, 6.07) is 11.2. The number of benzene rings is 1. The molecule has 3 heterocycles. The molecule has 1 aliphatic heterocycles. The standard InChI is InChI=1S/C21H21FN4O2/c1-21(22)11-25(12-21)16-10-15(20(27)28)23-19-17(16)18(13-6-5-7-13)24-26(19)14-8-3-2-4-9-14/h2-4,8-10,13H,5-7,11-12H2,1H3,(H,27,28). The third kappa shape index (κ3) is 2.65. The second kappa shape index (κ2) is 6.02. The number of para-hydroxylation sites is 1. The van der Waals surface area contributed by atoms with Crippen molar-refractivity contribution in [1.82, 2.24) is 14.8 Å². The van der Waals surface area contributed by atoms with Crippen LogP contribution in [-0.2, 0) is 0 Å². The summed E-state index contributed by atoms with van der Waals surface area (Å²) in [4.78, 5) is 18.1. The lowest BCUT2D eigenvalue weighted by Gasteiger charge is -2.44. The summed E-state index contributed by atoms with van der Waals surface area (Å²) in [6.45, 7) is 2.05. The Labute approximate surface area is 161 Å². The number of hydrogen-bond acceptors (Lipinski definition) is 4. The lowest BCUT2D eigenvalue weighted by molar-refractivity contribution is 0.0691. The SMILES string of the molecule is CC1(F)CN(c2cc(C(=O)O)nc3c2c(C2CCC2)nn3-c2ccccc2)C1. The zero-order valence-corrected chi connectivity index (χ0v) is 15.6. The van der Waals surface area contributed by atoms with Gasteiger partial charge in [0, 0.05) is 5.92 Å². The van der Waals surface area contributed by atoms with E-state index in [1.807, 2.05) is 35.2 Å². The van der Waals surface area contributed by atoms with E-state index in [4.69, 9.17) is 5.10 Å². The summed E-state index contributed by atoms with van der Waals surface area (Å²) in [5, 5.41) is 15.3. The minimum absolute atomic E-state index is 0.0489. The fraction of sp³-hybridized carbons (Fsp3) is 0.381. The molecule has 0 unspecified atom stereocenters. The van der Waals surface area contributed by atoms with Crippen LogP contribution in [0.15, 0.2) is 36.4 Å². The van der Waals surface area contributed by atoms with Crippen molar-refractivity contribution < 1.29 is 14.3 Å². The van der Waals surface area contributed by atoms with Gasteiger partial charge < -0.3 is 10.0 Å². The molecule has 1 saturated carbocycles. The molecular weight excluding hydrogens is 359 g/mol. The third-order valence-corrected chi connectivity index (χ3v) is 5.74. The number of pyridine rings is 1. The molecule has 7 heteroatoms. The Bertz CT molecular complexity index is 1060. The second-order valence-corrected chi connectivity index (χ2v) is 8.06. The van der Waals surface area contributed by atoms with E-state index in [9.17, 15) is 14.3 Å². The minimum Gasteiger partial charge on any atom is -0.477 e. The van der Waals surface area contributed by atoms with Crippen LogP contribution in [0.2, 0.25) is 0 Å². The molecule has 1 N–H and O–H groups in total. The van der Waals surface area contributed by atoms with E-state index in [2.05, 4.69) is 4.98 Å². The Kier molecular flexibility index (Phi) is 3.69. The number of hydrogen-bond donors (Lipinski definition) is 1. The van der Waals surface area contributed by atoms with E-state index in [0.29, 0.717) is 11.6 Å². The van der Waals surface area contributed by atoms with Gasteiger partial charge in [0.2, 0.25) is 0 Å². The Morgan fingerprint density at radius 3 is 2.54 bits per heavy atom. The number of rotatable bonds is 4. The predicted molar refractivity (Wildman–Crippen MR) is 104 cm³/mol. The van der Waals surface area contributed by atoms with Gasteiger partial charge in [-0.1, -0.05) is 24.6 Å². The molecule has 6 nitrogen and oxygen atoms in total. The molecule has 5 rings (SSSR count). The van der Waals surface area contributed by atoms with E-state index < -0.39 is 11.6 Å². The molecule has 0 atom stereocenters. The first kappa shape index (κ1) is 17.2. The molecule has 2 aliphatic rings. The number of carboxylic acid groups (broad SMARTS) is 1. The normalized spacial score (nSPS) is 18.7. The summed E-state index contributed by atoms with van der Waals surface area (Å²) < 4.78 is 15.9. The van der Waals surface area contributed by atoms with Gasteiger partial charge in [0.05, 0.1) is 35.5 Å². The summed E-state index contributed by atoms with van der Waals surface area (Å²) >= 11 is 0. The number of aromatic carboxylic acids is 1. The van der Waals surface area contributed by atoms with Gasteiger partial charge in [-0.25, -0.2) is 18.9 Å². The zero-order chi connectivity index (χ0) is 19.5. The number of carboxylic acids is 1. The highest BCUT2D eigenvalue weighted by Gasteiger charge is 2.41. The average molecular weight is 380 g/mol. The fourth-order valence-corrected chi connectivity index (χ4v) is 4.12. The first-order chi connectivity index (χ1) is 13.4. The molecule has 2 aromatic heterocycles. The molecule has 3 aromatic rings. The van der Waals surface area contributed by atoms with Gasteiger partial charge in [0.25, 0.3) is 0 Å². The van der Waals surface area contributed by atoms with E-state index in [1.54, 1.807) is 17.7 Å². The van der Waals surface area contributed by atoms with Crippen LogP contribution in [0.4, 0.5) is 10.1 Å². The highest BCUT2D eigenvalue weighted by atomic mass is 19.1. The monoisotopic (exact) mass is 380 g/mol. The third-order valence-electron chi connectivity index (χ3n) is 5.74. The van der Waals surface area contributed by atoms with E-state index in [0.717, 1.165) is 41.7 Å². The summed E-state index contributed by atoms with van der Waals surface area (Å²) in [6.07, 6.45) is 3.27. The van der Waals surface area contributed by atoms with Crippen molar-refractivity contribution >= 4 is 22.7 Å². The Hall–Kier alpha value is -2.96. The van der Waals surface area contributed by atoms with Gasteiger partial charge in [-0.05, 0) is 38.0 Å². The Balaban J connectivity index is 1.77. The fourth-order valence-electron chi connectivity index (χ4n) is 4.12. The van der Waals surface area contributed by atoms with Crippen molar-refractivity contribution in [3.8, 4) is 5.69 Å². The number of nitrogens with zero attached hydrogens (tertiary/aromatic N) is 4. The minimum atomic E-state index is -1.26. The summed E-state index contributed by atoms with van der Waals surface area (Å²) in [5.41, 5.74) is 1.71. The van der Waals surface area contributed by atoms with Crippen LogP contribution < -0.4 is 4.90 Å². The van der Waals surface area contributed by atoms with Crippen LogP contribution in [0.1, 0.15) is 48.3 Å². The molecule has 1 saturated heterocycles. The molecule has 0 bridgehead atoms. The van der Waals surface area contributed by atoms with Gasteiger partial charge in [-0.3, -0.25) is 0 Å². The van der Waals surface area contributed by atoms with Crippen LogP contribution in [0.25, 0.3) is 16.7 Å². The number of aromatic nitrogens is 3. The Morgan fingerprint density at radius 1 is 1.25 bits per heavy atom. The van der Waals surface area contributed by atoms with Crippen LogP contribution in [0.3, 0.4) is 0 Å². The Morgan fingerprint density at radius 2 is 1.96 bits per heavy atom. The smallest absolute Gasteiger partial charge is 0.354 e. The number of halogens is 1. The van der Waals surface area contributed by atoms with Crippen molar-refractivity contribution in [3.63, 3.8) is 0 Å². The lowest BCUT2D eigenvalue weighted by Crippen LogP contribution is -2.57. The maximum absolute atomic E-state index is 14.2. The zero-order valence-electron chi connectivity index (χ0n) is 15.6. The van der Waals surface area contributed by atoms with E-state index in [1.165, 1.54) is 0 Å². The quantitative estimate of drug-likeness (QED) is 0.742. The van der Waals surface area contributed by atoms with Crippen molar-refractivity contribution in [1.29, 1.82) is 0 Å². The highest BCUT2D eigenvalue weighted by Crippen LogP contribution is 2.44. The maximum Gasteiger partial charge on any atom is 0.354 e. The molecule has 144 valence electrons. The van der Waals surface area contributed by atoms with Crippen LogP contribution in [0.5, 0.6) is 0 Å². The van der Waals surface area contributed by atoms with Crippen molar-refractivity contribution in [2.75, 3.05) is 18.0 Å². The number of carbonyl (C=O) groups is 1. The number of alkyl halides is 1. The number of fused-ring (bicyclic) bond motifs is 1. The first-order valence-electron chi connectivity index (χ1n) is 9.59. The average Bonchev–Trinajstić information content (AvgIpc) is 2.97. The van der Waals surface area contributed by atoms with Gasteiger partial charge in [0.15, 0.2) is 11.3 Å². The molecule has 1 aliphatic carbocycles. The van der Waals surface area contributed by atoms with E-state index >= 15 is 0 Å². The largest absolute Gasteiger partial charge is 0.477 e.